The molecule has 2 aromatic heterocycles. The number of nitrogens with one attached hydrogen (secondary N) is 2. The van der Waals surface area contributed by atoms with Crippen molar-refractivity contribution in [3.63, 3.8) is 0 Å². The highest BCUT2D eigenvalue weighted by atomic mass is 35.5. The van der Waals surface area contributed by atoms with Gasteiger partial charge in [-0.15, -0.1) is 0 Å². The number of aromatic amines is 1. The van der Waals surface area contributed by atoms with Crippen LogP contribution in [-0.4, -0.2) is 28.2 Å². The van der Waals surface area contributed by atoms with E-state index in [-0.39, 0.29) is 5.91 Å². The van der Waals surface area contributed by atoms with Crippen molar-refractivity contribution in [2.45, 2.75) is 9.79 Å². The lowest BCUT2D eigenvalue weighted by Crippen LogP contribution is -2.13. The third-order valence-corrected chi connectivity index (χ3v) is 6.73. The van der Waals surface area contributed by atoms with Crippen LogP contribution in [0, 0.1) is 0 Å². The molecule has 36 heavy (non-hydrogen) atoms. The molecule has 0 radical (unpaired) electrons. The van der Waals surface area contributed by atoms with Gasteiger partial charge in [0.05, 0.1) is 35.3 Å². The maximum absolute atomic E-state index is 13.2. The van der Waals surface area contributed by atoms with Gasteiger partial charge < -0.3 is 10.1 Å². The van der Waals surface area contributed by atoms with Gasteiger partial charge in [-0.2, -0.15) is 5.10 Å². The van der Waals surface area contributed by atoms with Crippen molar-refractivity contribution in [2.75, 3.05) is 12.4 Å². The number of halogens is 1. The third kappa shape index (κ3) is 5.27. The lowest BCUT2D eigenvalue weighted by molar-refractivity contribution is 0.102. The molecule has 0 atom stereocenters. The molecule has 178 valence electrons. The molecule has 0 bridgehead atoms. The van der Waals surface area contributed by atoms with E-state index in [4.69, 9.17) is 16.3 Å². The molecule has 3 aromatic carbocycles. The van der Waals surface area contributed by atoms with Gasteiger partial charge in [0, 0.05) is 26.4 Å². The zero-order valence-electron chi connectivity index (χ0n) is 19.2. The molecule has 0 fully saturated rings. The first-order valence-electron chi connectivity index (χ1n) is 11.1. The van der Waals surface area contributed by atoms with Crippen LogP contribution in [-0.2, 0) is 0 Å². The van der Waals surface area contributed by atoms with Crippen LogP contribution in [0.4, 0.5) is 5.69 Å². The van der Waals surface area contributed by atoms with Crippen molar-refractivity contribution in [3.8, 4) is 5.75 Å². The van der Waals surface area contributed by atoms with Gasteiger partial charge in [0.1, 0.15) is 5.75 Å². The topological polar surface area (TPSA) is 79.9 Å². The van der Waals surface area contributed by atoms with Gasteiger partial charge in [0.25, 0.3) is 5.91 Å². The first-order valence-corrected chi connectivity index (χ1v) is 12.3. The molecule has 2 heterocycles. The Labute approximate surface area is 217 Å². The molecule has 5 aromatic rings. The van der Waals surface area contributed by atoms with Crippen molar-refractivity contribution >= 4 is 58.0 Å². The Morgan fingerprint density at radius 2 is 1.89 bits per heavy atom. The number of rotatable bonds is 7. The van der Waals surface area contributed by atoms with E-state index in [0.29, 0.717) is 22.0 Å². The number of fused-ring (bicyclic) bond motifs is 1. The molecule has 1 amide bonds. The summed E-state index contributed by atoms with van der Waals surface area (Å²) in [7, 11) is 1.55. The summed E-state index contributed by atoms with van der Waals surface area (Å²) in [6.07, 6.45) is 5.63. The van der Waals surface area contributed by atoms with Crippen molar-refractivity contribution in [1.29, 1.82) is 0 Å². The zero-order valence-corrected chi connectivity index (χ0v) is 20.8. The fraction of sp³-hybridized carbons (Fsp3) is 0.0357. The summed E-state index contributed by atoms with van der Waals surface area (Å²) in [5.41, 5.74) is 3.67. The van der Waals surface area contributed by atoms with Gasteiger partial charge >= 0.3 is 0 Å². The summed E-state index contributed by atoms with van der Waals surface area (Å²) in [6, 6.07) is 24.4. The number of amides is 1. The van der Waals surface area contributed by atoms with E-state index in [1.165, 1.54) is 11.8 Å². The van der Waals surface area contributed by atoms with Crippen LogP contribution in [0.2, 0.25) is 5.02 Å². The minimum absolute atomic E-state index is 0.247. The number of hydrogen-bond acceptors (Lipinski definition) is 5. The smallest absolute Gasteiger partial charge is 0.256 e. The molecular formula is C28H21ClN4O2S. The number of pyridine rings is 1. The van der Waals surface area contributed by atoms with E-state index < -0.39 is 0 Å². The molecule has 0 spiro atoms. The van der Waals surface area contributed by atoms with E-state index in [9.17, 15) is 4.79 Å². The quantitative estimate of drug-likeness (QED) is 0.241. The molecular weight excluding hydrogens is 492 g/mol. The van der Waals surface area contributed by atoms with E-state index in [1.807, 2.05) is 66.7 Å². The summed E-state index contributed by atoms with van der Waals surface area (Å²) < 4.78 is 5.35. The number of anilines is 1. The standard InChI is InChI=1S/C28H21ClN4O2S/c1-35-26-14-9-18(29)16-25(26)31-28(34)22-7-2-3-8-27(22)36-20-11-12-21-23(32-33-24(21)17-20)13-10-19-6-4-5-15-30-19/h2-17H,1H3,(H,31,34)(H,32,33)/b13-10+. The van der Waals surface area contributed by atoms with Crippen LogP contribution in [0.15, 0.2) is 94.9 Å². The van der Waals surface area contributed by atoms with Gasteiger partial charge in [-0.05, 0) is 72.8 Å². The second-order valence-corrected chi connectivity index (χ2v) is 9.35. The number of nitrogens with zero attached hydrogens (tertiary/aromatic N) is 2. The summed E-state index contributed by atoms with van der Waals surface area (Å²) in [5.74, 6) is 0.290. The lowest BCUT2D eigenvalue weighted by Gasteiger charge is -2.13. The normalized spacial score (nSPS) is 11.2. The second-order valence-electron chi connectivity index (χ2n) is 7.80. The van der Waals surface area contributed by atoms with E-state index in [0.717, 1.165) is 32.1 Å². The highest BCUT2D eigenvalue weighted by molar-refractivity contribution is 7.99. The average Bonchev–Trinajstić information content (AvgIpc) is 3.30. The Hall–Kier alpha value is -4.07. The van der Waals surface area contributed by atoms with E-state index in [2.05, 4.69) is 20.5 Å². The number of carbonyl (C=O) groups is 1. The van der Waals surface area contributed by atoms with E-state index in [1.54, 1.807) is 37.6 Å². The maximum atomic E-state index is 13.2. The molecule has 6 nitrogen and oxygen atoms in total. The van der Waals surface area contributed by atoms with Crippen molar-refractivity contribution < 1.29 is 9.53 Å². The van der Waals surface area contributed by atoms with Crippen LogP contribution in [0.3, 0.4) is 0 Å². The highest BCUT2D eigenvalue weighted by Crippen LogP contribution is 2.34. The number of benzene rings is 3. The van der Waals surface area contributed by atoms with Crippen LogP contribution >= 0.6 is 23.4 Å². The molecule has 2 N–H and O–H groups in total. The molecule has 0 saturated carbocycles. The molecule has 5 rings (SSSR count). The SMILES string of the molecule is COc1ccc(Cl)cc1NC(=O)c1ccccc1Sc1ccc2c(/C=C/c3ccccn3)n[nH]c2c1. The van der Waals surface area contributed by atoms with E-state index >= 15 is 0 Å². The fourth-order valence-corrected chi connectivity index (χ4v) is 4.84. The molecule has 0 unspecified atom stereocenters. The van der Waals surface area contributed by atoms with Crippen LogP contribution in [0.25, 0.3) is 23.1 Å². The van der Waals surface area contributed by atoms with Gasteiger partial charge in [-0.3, -0.25) is 14.9 Å². The summed E-state index contributed by atoms with van der Waals surface area (Å²) in [6.45, 7) is 0. The van der Waals surface area contributed by atoms with Crippen molar-refractivity contribution in [2.24, 2.45) is 0 Å². The Morgan fingerprint density at radius 3 is 2.72 bits per heavy atom. The molecule has 0 saturated heterocycles. The molecule has 0 aliphatic carbocycles. The van der Waals surface area contributed by atoms with Crippen LogP contribution in [0.1, 0.15) is 21.7 Å². The predicted molar refractivity (Wildman–Crippen MR) is 146 cm³/mol. The van der Waals surface area contributed by atoms with Crippen molar-refractivity contribution in [1.82, 2.24) is 15.2 Å². The lowest BCUT2D eigenvalue weighted by atomic mass is 10.2. The summed E-state index contributed by atoms with van der Waals surface area (Å²) >= 11 is 7.62. The zero-order chi connectivity index (χ0) is 24.9. The van der Waals surface area contributed by atoms with Gasteiger partial charge in [0.15, 0.2) is 0 Å². The summed E-state index contributed by atoms with van der Waals surface area (Å²) in [4.78, 5) is 19.3. The van der Waals surface area contributed by atoms with Crippen molar-refractivity contribution in [3.05, 3.63) is 107 Å². The number of hydrogen-bond donors (Lipinski definition) is 2. The highest BCUT2D eigenvalue weighted by Gasteiger charge is 2.15. The van der Waals surface area contributed by atoms with Crippen LogP contribution in [0.5, 0.6) is 5.75 Å². The summed E-state index contributed by atoms with van der Waals surface area (Å²) in [5, 5.41) is 12.0. The monoisotopic (exact) mass is 512 g/mol. The van der Waals surface area contributed by atoms with Gasteiger partial charge in [-0.25, -0.2) is 0 Å². The Balaban J connectivity index is 1.37. The predicted octanol–water partition coefficient (Wildman–Crippen LogP) is 7.19. The first kappa shape index (κ1) is 23.7. The second kappa shape index (κ2) is 10.7. The number of methoxy groups -OCH3 is 1. The number of ether oxygens (including phenoxy) is 1. The number of aromatic nitrogens is 3. The number of carbonyl (C=O) groups excluding carboxylic acids is 1. The Morgan fingerprint density at radius 1 is 1.03 bits per heavy atom. The molecule has 0 aliphatic heterocycles. The van der Waals surface area contributed by atoms with Gasteiger partial charge in [0.2, 0.25) is 0 Å². The Bertz CT molecular complexity index is 1570. The third-order valence-electron chi connectivity index (χ3n) is 5.43. The van der Waals surface area contributed by atoms with Gasteiger partial charge in [-0.1, -0.05) is 41.6 Å². The molecule has 8 heteroatoms. The van der Waals surface area contributed by atoms with Crippen LogP contribution < -0.4 is 10.1 Å². The largest absolute Gasteiger partial charge is 0.495 e. The average molecular weight is 513 g/mol. The fourth-order valence-electron chi connectivity index (χ4n) is 3.69. The Kier molecular flexibility index (Phi) is 7.02. The minimum Gasteiger partial charge on any atom is -0.495 e. The maximum Gasteiger partial charge on any atom is 0.256 e. The first-order chi connectivity index (χ1) is 17.6. The molecule has 0 aliphatic rings. The number of H-pyrrole nitrogens is 1. The minimum atomic E-state index is -0.247.